The number of nitrogens with zero attached hydrogens (tertiary/aromatic N) is 3. The Morgan fingerprint density at radius 2 is 2.00 bits per heavy atom. The summed E-state index contributed by atoms with van der Waals surface area (Å²) in [5, 5.41) is 0. The fraction of sp³-hybridized carbons (Fsp3) is 0.0769. The summed E-state index contributed by atoms with van der Waals surface area (Å²) in [6.07, 6.45) is 1.71. The van der Waals surface area contributed by atoms with Crippen LogP contribution < -0.4 is 10.5 Å². The van der Waals surface area contributed by atoms with Crippen molar-refractivity contribution in [2.45, 2.75) is 0 Å². The maximum Gasteiger partial charge on any atom is 0.215 e. The quantitative estimate of drug-likeness (QED) is 0.696. The van der Waals surface area contributed by atoms with Gasteiger partial charge in [0.1, 0.15) is 11.8 Å². The van der Waals surface area contributed by atoms with Crippen LogP contribution in [0.2, 0.25) is 0 Å². The second kappa shape index (κ2) is 4.03. The molecule has 0 atom stereocenters. The summed E-state index contributed by atoms with van der Waals surface area (Å²) < 4.78 is 6.98. The van der Waals surface area contributed by atoms with Gasteiger partial charge in [0.15, 0.2) is 5.65 Å². The number of nitrogen functional groups attached to an aromatic ring is 1. The molecular formula is C13H12N4O. The maximum atomic E-state index is 5.97. The van der Waals surface area contributed by atoms with Crippen molar-refractivity contribution in [1.29, 1.82) is 0 Å². The Labute approximate surface area is 104 Å². The van der Waals surface area contributed by atoms with E-state index >= 15 is 0 Å². The lowest BCUT2D eigenvalue weighted by atomic mass is 10.2. The lowest BCUT2D eigenvalue weighted by Gasteiger charge is -2.07. The fourth-order valence-electron chi connectivity index (χ4n) is 1.87. The molecule has 0 aliphatic rings. The summed E-state index contributed by atoms with van der Waals surface area (Å²) in [5.74, 6) is 0.554. The van der Waals surface area contributed by atoms with Gasteiger partial charge in [0, 0.05) is 6.07 Å². The number of anilines is 1. The second-order valence-electron chi connectivity index (χ2n) is 3.87. The van der Waals surface area contributed by atoms with E-state index in [9.17, 15) is 0 Å². The molecule has 0 unspecified atom stereocenters. The third-order valence-corrected chi connectivity index (χ3v) is 2.77. The highest BCUT2D eigenvalue weighted by Gasteiger charge is 2.09. The zero-order valence-corrected chi connectivity index (χ0v) is 9.87. The number of methoxy groups -OCH3 is 1. The van der Waals surface area contributed by atoms with Crippen LogP contribution in [0.1, 0.15) is 0 Å². The summed E-state index contributed by atoms with van der Waals surface area (Å²) in [7, 11) is 1.59. The first-order chi connectivity index (χ1) is 8.79. The fourth-order valence-corrected chi connectivity index (χ4v) is 1.87. The molecule has 0 aliphatic heterocycles. The molecule has 2 N–H and O–H groups in total. The van der Waals surface area contributed by atoms with Crippen LogP contribution in [0.4, 0.5) is 5.69 Å². The molecule has 3 rings (SSSR count). The van der Waals surface area contributed by atoms with Crippen molar-refractivity contribution in [2.24, 2.45) is 0 Å². The highest BCUT2D eigenvalue weighted by Crippen LogP contribution is 2.22. The van der Waals surface area contributed by atoms with Crippen molar-refractivity contribution in [3.05, 3.63) is 42.7 Å². The molecule has 3 aromatic rings. The van der Waals surface area contributed by atoms with Crippen molar-refractivity contribution in [3.8, 4) is 11.6 Å². The Bertz CT molecular complexity index is 705. The van der Waals surface area contributed by atoms with Crippen LogP contribution in [-0.4, -0.2) is 21.6 Å². The summed E-state index contributed by atoms with van der Waals surface area (Å²) >= 11 is 0. The first kappa shape index (κ1) is 10.6. The third kappa shape index (κ3) is 1.57. The number of rotatable bonds is 2. The summed E-state index contributed by atoms with van der Waals surface area (Å²) in [5.41, 5.74) is 9.04. The summed E-state index contributed by atoms with van der Waals surface area (Å²) in [6.45, 7) is 0. The zero-order valence-electron chi connectivity index (χ0n) is 9.87. The Balaban J connectivity index is 2.26. The number of pyridine rings is 1. The molecule has 1 aromatic carbocycles. The number of aromatic nitrogens is 3. The van der Waals surface area contributed by atoms with E-state index in [-0.39, 0.29) is 0 Å². The monoisotopic (exact) mass is 240 g/mol. The van der Waals surface area contributed by atoms with Crippen molar-refractivity contribution in [2.75, 3.05) is 12.8 Å². The van der Waals surface area contributed by atoms with Crippen molar-refractivity contribution in [3.63, 3.8) is 0 Å². The number of hydrogen-bond acceptors (Lipinski definition) is 4. The first-order valence-electron chi connectivity index (χ1n) is 5.52. The largest absolute Gasteiger partial charge is 0.481 e. The molecule has 2 aromatic heterocycles. The predicted octanol–water partition coefficient (Wildman–Crippen LogP) is 2.01. The van der Waals surface area contributed by atoms with Gasteiger partial charge in [-0.2, -0.15) is 4.98 Å². The smallest absolute Gasteiger partial charge is 0.215 e. The highest BCUT2D eigenvalue weighted by atomic mass is 16.5. The highest BCUT2D eigenvalue weighted by molar-refractivity contribution is 5.75. The maximum absolute atomic E-state index is 5.97. The molecule has 0 aliphatic carbocycles. The molecule has 2 heterocycles. The summed E-state index contributed by atoms with van der Waals surface area (Å²) in [4.78, 5) is 8.69. The number of fused-ring (bicyclic) bond motifs is 1. The molecule has 90 valence electrons. The van der Waals surface area contributed by atoms with Crippen LogP contribution in [0.3, 0.4) is 0 Å². The van der Waals surface area contributed by atoms with Crippen LogP contribution in [-0.2, 0) is 0 Å². The van der Waals surface area contributed by atoms with E-state index in [0.29, 0.717) is 11.6 Å². The van der Waals surface area contributed by atoms with Gasteiger partial charge in [0.2, 0.25) is 5.88 Å². The average Bonchev–Trinajstić information content (AvgIpc) is 2.82. The van der Waals surface area contributed by atoms with Gasteiger partial charge in [0.05, 0.1) is 18.5 Å². The zero-order chi connectivity index (χ0) is 12.5. The van der Waals surface area contributed by atoms with Gasteiger partial charge in [-0.1, -0.05) is 12.1 Å². The molecular weight excluding hydrogens is 228 g/mol. The molecule has 0 saturated heterocycles. The Kier molecular flexibility index (Phi) is 2.37. The molecule has 5 heteroatoms. The minimum absolute atomic E-state index is 0.554. The SMILES string of the molecule is COc1ccc2ncn(-c3ccccc3N)c2n1. The van der Waals surface area contributed by atoms with Gasteiger partial charge >= 0.3 is 0 Å². The van der Waals surface area contributed by atoms with Crippen LogP contribution in [0.5, 0.6) is 5.88 Å². The van der Waals surface area contributed by atoms with E-state index in [1.807, 2.05) is 34.9 Å². The third-order valence-electron chi connectivity index (χ3n) is 2.77. The van der Waals surface area contributed by atoms with Gasteiger partial charge in [-0.05, 0) is 18.2 Å². The summed E-state index contributed by atoms with van der Waals surface area (Å²) in [6, 6.07) is 11.3. The number of ether oxygens (including phenoxy) is 1. The lowest BCUT2D eigenvalue weighted by Crippen LogP contribution is -1.99. The number of nitrogens with two attached hydrogens (primary N) is 1. The van der Waals surface area contributed by atoms with Gasteiger partial charge in [-0.3, -0.25) is 4.57 Å². The molecule has 0 amide bonds. The predicted molar refractivity (Wildman–Crippen MR) is 69.8 cm³/mol. The van der Waals surface area contributed by atoms with Crippen molar-refractivity contribution >= 4 is 16.9 Å². The van der Waals surface area contributed by atoms with E-state index in [0.717, 1.165) is 16.9 Å². The second-order valence-corrected chi connectivity index (χ2v) is 3.87. The number of hydrogen-bond donors (Lipinski definition) is 1. The van der Waals surface area contributed by atoms with Gasteiger partial charge in [-0.15, -0.1) is 0 Å². The topological polar surface area (TPSA) is 66.0 Å². The van der Waals surface area contributed by atoms with E-state index < -0.39 is 0 Å². The Morgan fingerprint density at radius 1 is 1.17 bits per heavy atom. The average molecular weight is 240 g/mol. The van der Waals surface area contributed by atoms with Gasteiger partial charge < -0.3 is 10.5 Å². The van der Waals surface area contributed by atoms with Gasteiger partial charge in [-0.25, -0.2) is 4.98 Å². The first-order valence-corrected chi connectivity index (χ1v) is 5.52. The normalized spacial score (nSPS) is 10.7. The molecule has 0 radical (unpaired) electrons. The number of imidazole rings is 1. The van der Waals surface area contributed by atoms with Gasteiger partial charge in [0.25, 0.3) is 0 Å². The molecule has 0 bridgehead atoms. The minimum atomic E-state index is 0.554. The lowest BCUT2D eigenvalue weighted by molar-refractivity contribution is 0.399. The standard InChI is InChI=1S/C13H12N4O/c1-18-12-7-6-10-13(16-12)17(8-15-10)11-5-3-2-4-9(11)14/h2-8H,14H2,1H3. The Hall–Kier alpha value is -2.56. The van der Waals surface area contributed by atoms with E-state index in [2.05, 4.69) is 9.97 Å². The Morgan fingerprint density at radius 3 is 2.78 bits per heavy atom. The van der Waals surface area contributed by atoms with Crippen LogP contribution in [0, 0.1) is 0 Å². The molecule has 0 saturated carbocycles. The van der Waals surface area contributed by atoms with E-state index in [1.165, 1.54) is 0 Å². The molecule has 0 spiro atoms. The minimum Gasteiger partial charge on any atom is -0.481 e. The van der Waals surface area contributed by atoms with Crippen molar-refractivity contribution in [1.82, 2.24) is 14.5 Å². The number of benzene rings is 1. The van der Waals surface area contributed by atoms with Crippen LogP contribution >= 0.6 is 0 Å². The van der Waals surface area contributed by atoms with E-state index in [1.54, 1.807) is 19.5 Å². The van der Waals surface area contributed by atoms with Crippen LogP contribution in [0.15, 0.2) is 42.7 Å². The van der Waals surface area contributed by atoms with Crippen LogP contribution in [0.25, 0.3) is 16.9 Å². The molecule has 5 nitrogen and oxygen atoms in total. The number of para-hydroxylation sites is 2. The van der Waals surface area contributed by atoms with Crippen molar-refractivity contribution < 1.29 is 4.74 Å². The van der Waals surface area contributed by atoms with E-state index in [4.69, 9.17) is 10.5 Å². The molecule has 18 heavy (non-hydrogen) atoms. The molecule has 0 fully saturated rings.